The number of nitrogens with two attached hydrogens (primary N) is 1. The Balaban J connectivity index is 1.84. The van der Waals surface area contributed by atoms with Gasteiger partial charge in [-0.2, -0.15) is 0 Å². The van der Waals surface area contributed by atoms with Crippen LogP contribution in [0.25, 0.3) is 0 Å². The van der Waals surface area contributed by atoms with Crippen LogP contribution in [0.15, 0.2) is 47.4 Å². The van der Waals surface area contributed by atoms with Crippen molar-refractivity contribution in [1.82, 2.24) is 0 Å². The molecular weight excluding hydrogens is 261 g/mol. The predicted octanol–water partition coefficient (Wildman–Crippen LogP) is 3.89. The van der Waals surface area contributed by atoms with Crippen LogP contribution < -0.4 is 10.5 Å². The number of hydrogen-bond donors (Lipinski definition) is 1. The number of hydrogen-bond acceptors (Lipinski definition) is 3. The standard InChI is InChI=1S/C15H16FNOS/c1-11-5-4-8-14(15(11)17)19-10-9-18-13-7-3-2-6-12(13)16/h2-8H,9-10,17H2,1H3. The van der Waals surface area contributed by atoms with E-state index in [0.29, 0.717) is 12.4 Å². The summed E-state index contributed by atoms with van der Waals surface area (Å²) < 4.78 is 18.7. The van der Waals surface area contributed by atoms with E-state index in [-0.39, 0.29) is 5.82 Å². The first kappa shape index (κ1) is 13.7. The molecule has 2 N–H and O–H groups in total. The quantitative estimate of drug-likeness (QED) is 0.511. The molecule has 0 aromatic heterocycles. The molecule has 2 aromatic rings. The molecule has 2 rings (SSSR count). The van der Waals surface area contributed by atoms with Gasteiger partial charge < -0.3 is 10.5 Å². The van der Waals surface area contributed by atoms with Crippen LogP contribution in [0.4, 0.5) is 10.1 Å². The molecule has 4 heteroatoms. The number of anilines is 1. The fourth-order valence-electron chi connectivity index (χ4n) is 1.64. The number of thioether (sulfide) groups is 1. The Morgan fingerprint density at radius 3 is 2.74 bits per heavy atom. The van der Waals surface area contributed by atoms with Crippen molar-refractivity contribution in [1.29, 1.82) is 0 Å². The predicted molar refractivity (Wildman–Crippen MR) is 78.2 cm³/mol. The van der Waals surface area contributed by atoms with Gasteiger partial charge in [0.15, 0.2) is 11.6 Å². The van der Waals surface area contributed by atoms with Gasteiger partial charge in [0.2, 0.25) is 0 Å². The maximum atomic E-state index is 13.3. The van der Waals surface area contributed by atoms with E-state index in [9.17, 15) is 4.39 Å². The van der Waals surface area contributed by atoms with Crippen LogP contribution in [0.2, 0.25) is 0 Å². The van der Waals surface area contributed by atoms with E-state index < -0.39 is 0 Å². The highest BCUT2D eigenvalue weighted by atomic mass is 32.2. The van der Waals surface area contributed by atoms with E-state index in [4.69, 9.17) is 10.5 Å². The molecule has 0 bridgehead atoms. The molecule has 0 aliphatic rings. The Kier molecular flexibility index (Phi) is 4.68. The van der Waals surface area contributed by atoms with E-state index >= 15 is 0 Å². The smallest absolute Gasteiger partial charge is 0.165 e. The first-order valence-electron chi connectivity index (χ1n) is 6.03. The summed E-state index contributed by atoms with van der Waals surface area (Å²) in [6, 6.07) is 12.4. The van der Waals surface area contributed by atoms with Gasteiger partial charge in [0.25, 0.3) is 0 Å². The van der Waals surface area contributed by atoms with Gasteiger partial charge in [-0.15, -0.1) is 11.8 Å². The lowest BCUT2D eigenvalue weighted by molar-refractivity contribution is 0.325. The molecule has 0 saturated carbocycles. The third-order valence-corrected chi connectivity index (χ3v) is 3.76. The van der Waals surface area contributed by atoms with Gasteiger partial charge >= 0.3 is 0 Å². The van der Waals surface area contributed by atoms with E-state index in [1.165, 1.54) is 6.07 Å². The maximum Gasteiger partial charge on any atom is 0.165 e. The van der Waals surface area contributed by atoms with Gasteiger partial charge in [0.1, 0.15) is 0 Å². The van der Waals surface area contributed by atoms with Crippen LogP contribution in [-0.2, 0) is 0 Å². The van der Waals surface area contributed by atoms with Crippen LogP contribution in [0.5, 0.6) is 5.75 Å². The van der Waals surface area contributed by atoms with Gasteiger partial charge in [0, 0.05) is 16.3 Å². The van der Waals surface area contributed by atoms with Crippen molar-refractivity contribution in [2.45, 2.75) is 11.8 Å². The van der Waals surface area contributed by atoms with E-state index in [0.717, 1.165) is 21.9 Å². The molecule has 0 spiro atoms. The fraction of sp³-hybridized carbons (Fsp3) is 0.200. The molecule has 0 aliphatic carbocycles. The molecule has 0 aliphatic heterocycles. The third-order valence-electron chi connectivity index (χ3n) is 2.72. The average molecular weight is 277 g/mol. The fourth-order valence-corrected chi connectivity index (χ4v) is 2.52. The van der Waals surface area contributed by atoms with E-state index in [1.54, 1.807) is 30.0 Å². The second-order valence-electron chi connectivity index (χ2n) is 4.11. The summed E-state index contributed by atoms with van der Waals surface area (Å²) in [5, 5.41) is 0. The largest absolute Gasteiger partial charge is 0.490 e. The van der Waals surface area contributed by atoms with Gasteiger partial charge in [0.05, 0.1) is 6.61 Å². The molecule has 0 radical (unpaired) electrons. The maximum absolute atomic E-state index is 13.3. The highest BCUT2D eigenvalue weighted by Gasteiger charge is 2.04. The number of benzene rings is 2. The summed E-state index contributed by atoms with van der Waals surface area (Å²) >= 11 is 1.61. The van der Waals surface area contributed by atoms with Crippen molar-refractivity contribution in [3.8, 4) is 5.75 Å². The Morgan fingerprint density at radius 1 is 1.16 bits per heavy atom. The van der Waals surface area contributed by atoms with Crippen LogP contribution in [-0.4, -0.2) is 12.4 Å². The first-order chi connectivity index (χ1) is 9.18. The van der Waals surface area contributed by atoms with Crippen molar-refractivity contribution in [3.05, 3.63) is 53.8 Å². The molecule has 0 fully saturated rings. The zero-order chi connectivity index (χ0) is 13.7. The van der Waals surface area contributed by atoms with Crippen molar-refractivity contribution in [3.63, 3.8) is 0 Å². The number of rotatable bonds is 5. The molecule has 0 amide bonds. The van der Waals surface area contributed by atoms with Crippen molar-refractivity contribution in [2.75, 3.05) is 18.1 Å². The molecule has 100 valence electrons. The SMILES string of the molecule is Cc1cccc(SCCOc2ccccc2F)c1N. The summed E-state index contributed by atoms with van der Waals surface area (Å²) in [7, 11) is 0. The number of aryl methyl sites for hydroxylation is 1. The van der Waals surface area contributed by atoms with Gasteiger partial charge in [-0.1, -0.05) is 24.3 Å². The lowest BCUT2D eigenvalue weighted by Crippen LogP contribution is -2.02. The van der Waals surface area contributed by atoms with Gasteiger partial charge in [-0.3, -0.25) is 0 Å². The number of nitrogen functional groups attached to an aromatic ring is 1. The monoisotopic (exact) mass is 277 g/mol. The molecule has 0 atom stereocenters. The van der Waals surface area contributed by atoms with Crippen LogP contribution in [0, 0.1) is 12.7 Å². The molecule has 2 aromatic carbocycles. The number of para-hydroxylation sites is 2. The lowest BCUT2D eigenvalue weighted by Gasteiger charge is -2.09. The molecule has 0 saturated heterocycles. The first-order valence-corrected chi connectivity index (χ1v) is 7.02. The molecule has 19 heavy (non-hydrogen) atoms. The summed E-state index contributed by atoms with van der Waals surface area (Å²) in [6.07, 6.45) is 0. The molecule has 0 heterocycles. The van der Waals surface area contributed by atoms with Crippen LogP contribution in [0.1, 0.15) is 5.56 Å². The van der Waals surface area contributed by atoms with Crippen molar-refractivity contribution >= 4 is 17.4 Å². The normalized spacial score (nSPS) is 10.4. The molecular formula is C15H16FNOS. The zero-order valence-corrected chi connectivity index (χ0v) is 11.5. The minimum atomic E-state index is -0.331. The summed E-state index contributed by atoms with van der Waals surface area (Å²) in [5.41, 5.74) is 7.85. The van der Waals surface area contributed by atoms with Crippen LogP contribution >= 0.6 is 11.8 Å². The second-order valence-corrected chi connectivity index (χ2v) is 5.25. The molecule has 0 unspecified atom stereocenters. The van der Waals surface area contributed by atoms with E-state index in [1.807, 2.05) is 25.1 Å². The van der Waals surface area contributed by atoms with Crippen LogP contribution in [0.3, 0.4) is 0 Å². The Hall–Kier alpha value is -1.68. The van der Waals surface area contributed by atoms with Gasteiger partial charge in [-0.25, -0.2) is 4.39 Å². The summed E-state index contributed by atoms with van der Waals surface area (Å²) in [6.45, 7) is 2.42. The van der Waals surface area contributed by atoms with Crippen molar-refractivity contribution in [2.24, 2.45) is 0 Å². The molecule has 2 nitrogen and oxygen atoms in total. The second kappa shape index (κ2) is 6.48. The minimum absolute atomic E-state index is 0.292. The van der Waals surface area contributed by atoms with Crippen molar-refractivity contribution < 1.29 is 9.13 Å². The topological polar surface area (TPSA) is 35.2 Å². The zero-order valence-electron chi connectivity index (χ0n) is 10.7. The number of ether oxygens (including phenoxy) is 1. The summed E-state index contributed by atoms with van der Waals surface area (Å²) in [5.74, 6) is 0.685. The highest BCUT2D eigenvalue weighted by molar-refractivity contribution is 7.99. The summed E-state index contributed by atoms with van der Waals surface area (Å²) in [4.78, 5) is 1.04. The van der Waals surface area contributed by atoms with E-state index in [2.05, 4.69) is 0 Å². The Labute approximate surface area is 116 Å². The minimum Gasteiger partial charge on any atom is -0.490 e. The Bertz CT molecular complexity index is 560. The Morgan fingerprint density at radius 2 is 1.95 bits per heavy atom. The number of halogens is 1. The third kappa shape index (κ3) is 3.64. The lowest BCUT2D eigenvalue weighted by atomic mass is 10.2. The average Bonchev–Trinajstić information content (AvgIpc) is 2.41. The van der Waals surface area contributed by atoms with Gasteiger partial charge in [-0.05, 0) is 30.7 Å². The highest BCUT2D eigenvalue weighted by Crippen LogP contribution is 2.27.